The summed E-state index contributed by atoms with van der Waals surface area (Å²) in [5, 5.41) is 5.19. The minimum Gasteiger partial charge on any atom is -0.493 e. The molecule has 0 aromatic heterocycles. The molecule has 0 amide bonds. The van der Waals surface area contributed by atoms with Crippen LogP contribution in [0.1, 0.15) is 11.1 Å². The third-order valence-electron chi connectivity index (χ3n) is 4.03. The van der Waals surface area contributed by atoms with Gasteiger partial charge in [-0.05, 0) is 42.5 Å². The van der Waals surface area contributed by atoms with Crippen molar-refractivity contribution in [3.63, 3.8) is 0 Å². The van der Waals surface area contributed by atoms with E-state index in [1.807, 2.05) is 42.5 Å². The van der Waals surface area contributed by atoms with Crippen LogP contribution in [0.4, 0.5) is 5.69 Å². The molecular weight excluding hydrogens is 405 g/mol. The van der Waals surface area contributed by atoms with E-state index >= 15 is 0 Å². The standard InChI is InChI=1S/C21H18Cl3NO2/c1-26-20-7-2-4-14(12-25-16-10-8-15(22)9-11-16)21(20)27-13-17-18(23)5-3-6-19(17)24/h2-11,25H,12-13H2,1H3. The van der Waals surface area contributed by atoms with Gasteiger partial charge in [0.15, 0.2) is 11.5 Å². The lowest BCUT2D eigenvalue weighted by atomic mass is 10.1. The summed E-state index contributed by atoms with van der Waals surface area (Å²) in [7, 11) is 1.61. The van der Waals surface area contributed by atoms with Gasteiger partial charge in [-0.1, -0.05) is 53.0 Å². The van der Waals surface area contributed by atoms with Gasteiger partial charge in [0.1, 0.15) is 6.61 Å². The van der Waals surface area contributed by atoms with Crippen LogP contribution in [0.5, 0.6) is 11.5 Å². The van der Waals surface area contributed by atoms with Crippen molar-refractivity contribution in [3.8, 4) is 11.5 Å². The Morgan fingerprint density at radius 1 is 0.852 bits per heavy atom. The van der Waals surface area contributed by atoms with Gasteiger partial charge in [0, 0.05) is 38.4 Å². The molecule has 3 aromatic rings. The van der Waals surface area contributed by atoms with E-state index in [4.69, 9.17) is 44.3 Å². The second-order valence-corrected chi connectivity index (χ2v) is 7.05. The SMILES string of the molecule is COc1cccc(CNc2ccc(Cl)cc2)c1OCc1c(Cl)cccc1Cl. The van der Waals surface area contributed by atoms with Gasteiger partial charge in [-0.3, -0.25) is 0 Å². The maximum Gasteiger partial charge on any atom is 0.166 e. The second-order valence-electron chi connectivity index (χ2n) is 5.80. The van der Waals surface area contributed by atoms with Crippen molar-refractivity contribution in [1.29, 1.82) is 0 Å². The molecular formula is C21H18Cl3NO2. The van der Waals surface area contributed by atoms with Crippen LogP contribution in [0, 0.1) is 0 Å². The Morgan fingerprint density at radius 3 is 2.19 bits per heavy atom. The largest absolute Gasteiger partial charge is 0.493 e. The fourth-order valence-corrected chi connectivity index (χ4v) is 3.24. The van der Waals surface area contributed by atoms with E-state index in [1.54, 1.807) is 25.3 Å². The molecule has 6 heteroatoms. The minimum atomic E-state index is 0.243. The number of anilines is 1. The molecule has 3 nitrogen and oxygen atoms in total. The summed E-state index contributed by atoms with van der Waals surface area (Å²) >= 11 is 18.4. The summed E-state index contributed by atoms with van der Waals surface area (Å²) in [6, 6.07) is 18.7. The van der Waals surface area contributed by atoms with Crippen LogP contribution in [0.15, 0.2) is 60.7 Å². The zero-order chi connectivity index (χ0) is 19.2. The molecule has 3 rings (SSSR count). The quantitative estimate of drug-likeness (QED) is 0.452. The molecule has 0 aliphatic heterocycles. The van der Waals surface area contributed by atoms with Gasteiger partial charge in [0.25, 0.3) is 0 Å². The van der Waals surface area contributed by atoms with Gasteiger partial charge in [-0.25, -0.2) is 0 Å². The molecule has 27 heavy (non-hydrogen) atoms. The van der Waals surface area contributed by atoms with Crippen LogP contribution in [0.25, 0.3) is 0 Å². The second kappa shape index (κ2) is 9.23. The van der Waals surface area contributed by atoms with E-state index < -0.39 is 0 Å². The van der Waals surface area contributed by atoms with Gasteiger partial charge in [0.2, 0.25) is 0 Å². The lowest BCUT2D eigenvalue weighted by Crippen LogP contribution is -2.05. The van der Waals surface area contributed by atoms with Gasteiger partial charge in [-0.15, -0.1) is 0 Å². The zero-order valence-corrected chi connectivity index (χ0v) is 16.9. The molecule has 0 unspecified atom stereocenters. The highest BCUT2D eigenvalue weighted by Gasteiger charge is 2.13. The Morgan fingerprint density at radius 2 is 1.52 bits per heavy atom. The number of halogens is 3. The summed E-state index contributed by atoms with van der Waals surface area (Å²) in [4.78, 5) is 0. The first kappa shape index (κ1) is 19.7. The highest BCUT2D eigenvalue weighted by molar-refractivity contribution is 6.36. The fourth-order valence-electron chi connectivity index (χ4n) is 2.60. The van der Waals surface area contributed by atoms with Crippen LogP contribution in [0.2, 0.25) is 15.1 Å². The van der Waals surface area contributed by atoms with E-state index in [0.29, 0.717) is 33.1 Å². The van der Waals surface area contributed by atoms with Gasteiger partial charge < -0.3 is 14.8 Å². The van der Waals surface area contributed by atoms with E-state index in [2.05, 4.69) is 5.32 Å². The van der Waals surface area contributed by atoms with Gasteiger partial charge in [-0.2, -0.15) is 0 Å². The highest BCUT2D eigenvalue weighted by atomic mass is 35.5. The van der Waals surface area contributed by atoms with Crippen molar-refractivity contribution in [2.45, 2.75) is 13.2 Å². The van der Waals surface area contributed by atoms with Crippen molar-refractivity contribution in [1.82, 2.24) is 0 Å². The topological polar surface area (TPSA) is 30.5 Å². The number of hydrogen-bond acceptors (Lipinski definition) is 3. The molecule has 0 heterocycles. The van der Waals surface area contributed by atoms with Crippen LogP contribution in [-0.2, 0) is 13.2 Å². The third kappa shape index (κ3) is 5.01. The number of hydrogen-bond donors (Lipinski definition) is 1. The zero-order valence-electron chi connectivity index (χ0n) is 14.6. The number of benzene rings is 3. The minimum absolute atomic E-state index is 0.243. The Labute approximate surface area is 173 Å². The van der Waals surface area contributed by atoms with E-state index in [-0.39, 0.29) is 6.61 Å². The summed E-state index contributed by atoms with van der Waals surface area (Å²) in [5.74, 6) is 1.30. The number of ether oxygens (including phenoxy) is 2. The monoisotopic (exact) mass is 421 g/mol. The number of methoxy groups -OCH3 is 1. The molecule has 0 spiro atoms. The molecule has 0 bridgehead atoms. The van der Waals surface area contributed by atoms with Gasteiger partial charge >= 0.3 is 0 Å². The molecule has 0 atom stereocenters. The predicted molar refractivity (Wildman–Crippen MR) is 113 cm³/mol. The molecule has 1 N–H and O–H groups in total. The molecule has 0 saturated carbocycles. The van der Waals surface area contributed by atoms with E-state index in [1.165, 1.54) is 0 Å². The average molecular weight is 423 g/mol. The smallest absolute Gasteiger partial charge is 0.166 e. The first-order valence-electron chi connectivity index (χ1n) is 8.29. The molecule has 140 valence electrons. The molecule has 0 saturated heterocycles. The average Bonchev–Trinajstić information content (AvgIpc) is 2.67. The number of nitrogens with one attached hydrogen (secondary N) is 1. The Kier molecular flexibility index (Phi) is 6.73. The molecule has 0 aliphatic rings. The maximum absolute atomic E-state index is 6.24. The van der Waals surface area contributed by atoms with E-state index in [0.717, 1.165) is 16.8 Å². The normalized spacial score (nSPS) is 10.5. The Hall–Kier alpha value is -2.07. The first-order valence-corrected chi connectivity index (χ1v) is 9.43. The van der Waals surface area contributed by atoms with Crippen molar-refractivity contribution >= 4 is 40.5 Å². The van der Waals surface area contributed by atoms with Crippen molar-refractivity contribution < 1.29 is 9.47 Å². The van der Waals surface area contributed by atoms with Crippen molar-refractivity contribution in [2.75, 3.05) is 12.4 Å². The summed E-state index contributed by atoms with van der Waals surface area (Å²) in [5.41, 5.74) is 2.65. The number of rotatable bonds is 7. The molecule has 0 fully saturated rings. The lowest BCUT2D eigenvalue weighted by molar-refractivity contribution is 0.282. The van der Waals surface area contributed by atoms with Crippen LogP contribution in [0.3, 0.4) is 0 Å². The summed E-state index contributed by atoms with van der Waals surface area (Å²) in [6.45, 7) is 0.803. The highest BCUT2D eigenvalue weighted by Crippen LogP contribution is 2.34. The predicted octanol–water partition coefficient (Wildman–Crippen LogP) is 6.85. The van der Waals surface area contributed by atoms with E-state index in [9.17, 15) is 0 Å². The molecule has 3 aromatic carbocycles. The third-order valence-corrected chi connectivity index (χ3v) is 4.99. The number of para-hydroxylation sites is 1. The lowest BCUT2D eigenvalue weighted by Gasteiger charge is -2.17. The van der Waals surface area contributed by atoms with Crippen LogP contribution in [-0.4, -0.2) is 7.11 Å². The Balaban J connectivity index is 1.79. The molecule has 0 radical (unpaired) electrons. The molecule has 0 aliphatic carbocycles. The van der Waals surface area contributed by atoms with Crippen molar-refractivity contribution in [2.24, 2.45) is 0 Å². The summed E-state index contributed by atoms with van der Waals surface area (Å²) in [6.07, 6.45) is 0. The van der Waals surface area contributed by atoms with Crippen LogP contribution < -0.4 is 14.8 Å². The maximum atomic E-state index is 6.24. The first-order chi connectivity index (χ1) is 13.1. The Bertz CT molecular complexity index is 894. The van der Waals surface area contributed by atoms with Crippen molar-refractivity contribution in [3.05, 3.63) is 86.9 Å². The van der Waals surface area contributed by atoms with Crippen LogP contribution >= 0.6 is 34.8 Å². The fraction of sp³-hybridized carbons (Fsp3) is 0.143. The summed E-state index contributed by atoms with van der Waals surface area (Å²) < 4.78 is 11.5. The van der Waals surface area contributed by atoms with Gasteiger partial charge in [0.05, 0.1) is 7.11 Å².